The summed E-state index contributed by atoms with van der Waals surface area (Å²) in [6, 6.07) is 3.16. The van der Waals surface area contributed by atoms with E-state index in [1.807, 2.05) is 0 Å². The van der Waals surface area contributed by atoms with E-state index in [0.717, 1.165) is 14.2 Å². The molecule has 33 heavy (non-hydrogen) atoms. The SMILES string of the molecule is CCS(=O)c1ccc(-n2cncn2)nc1-c1nc(/C=C(\N(C)OC)C(F)(F)F)c(C=O)n1C. The van der Waals surface area contributed by atoms with E-state index < -0.39 is 22.7 Å². The molecule has 0 radical (unpaired) electrons. The van der Waals surface area contributed by atoms with Gasteiger partial charge in [0.05, 0.1) is 28.5 Å². The molecule has 1 unspecified atom stereocenters. The van der Waals surface area contributed by atoms with Crippen molar-refractivity contribution in [2.24, 2.45) is 7.05 Å². The van der Waals surface area contributed by atoms with Crippen molar-refractivity contribution in [3.05, 3.63) is 41.9 Å². The molecule has 0 saturated heterocycles. The Balaban J connectivity index is 2.27. The molecule has 3 heterocycles. The minimum Gasteiger partial charge on any atom is -0.323 e. The van der Waals surface area contributed by atoms with Gasteiger partial charge in [-0.1, -0.05) is 6.92 Å². The van der Waals surface area contributed by atoms with E-state index >= 15 is 0 Å². The molecule has 0 bridgehead atoms. The van der Waals surface area contributed by atoms with Crippen molar-refractivity contribution in [2.75, 3.05) is 19.9 Å². The van der Waals surface area contributed by atoms with Crippen molar-refractivity contribution in [1.29, 1.82) is 0 Å². The third-order valence-corrected chi connectivity index (χ3v) is 6.02. The van der Waals surface area contributed by atoms with Gasteiger partial charge in [0.25, 0.3) is 0 Å². The second kappa shape index (κ2) is 9.62. The quantitative estimate of drug-likeness (QED) is 0.355. The highest BCUT2D eigenvalue weighted by Gasteiger charge is 2.37. The van der Waals surface area contributed by atoms with E-state index in [2.05, 4.69) is 24.9 Å². The molecule has 0 spiro atoms. The molecule has 0 aromatic carbocycles. The summed E-state index contributed by atoms with van der Waals surface area (Å²) in [6.45, 7) is 1.71. The van der Waals surface area contributed by atoms with Gasteiger partial charge in [-0.25, -0.2) is 19.6 Å². The largest absolute Gasteiger partial charge is 0.433 e. The van der Waals surface area contributed by atoms with Crippen LogP contribution in [0.3, 0.4) is 0 Å². The number of imidazole rings is 1. The summed E-state index contributed by atoms with van der Waals surface area (Å²) in [5, 5.41) is 4.52. The van der Waals surface area contributed by atoms with Gasteiger partial charge < -0.3 is 4.57 Å². The predicted octanol–water partition coefficient (Wildman–Crippen LogP) is 2.40. The first-order valence-electron chi connectivity index (χ1n) is 9.45. The van der Waals surface area contributed by atoms with Crippen molar-refractivity contribution >= 4 is 23.2 Å². The lowest BCUT2D eigenvalue weighted by Gasteiger charge is -2.21. The summed E-state index contributed by atoms with van der Waals surface area (Å²) in [4.78, 5) is 29.4. The Morgan fingerprint density at radius 1 is 1.30 bits per heavy atom. The standard InChI is InChI=1S/C19H20F3N7O3S/c1-5-33(31)14-6-7-16(29-11-23-10-24-29)26-17(14)18-25-12(13(9-30)27(18)2)8-15(19(20,21)22)28(3)32-4/h6-11H,5H2,1-4H3/b15-8-. The lowest BCUT2D eigenvalue weighted by Crippen LogP contribution is -2.27. The van der Waals surface area contributed by atoms with E-state index in [4.69, 9.17) is 0 Å². The fraction of sp³-hybridized carbons (Fsp3) is 0.316. The molecule has 1 atom stereocenters. The predicted molar refractivity (Wildman–Crippen MR) is 112 cm³/mol. The Morgan fingerprint density at radius 3 is 2.58 bits per heavy atom. The molecule has 0 aliphatic rings. The number of hydrogen-bond acceptors (Lipinski definition) is 8. The Kier molecular flexibility index (Phi) is 7.07. The van der Waals surface area contributed by atoms with Crippen LogP contribution in [-0.4, -0.2) is 70.9 Å². The lowest BCUT2D eigenvalue weighted by atomic mass is 10.2. The Morgan fingerprint density at radius 2 is 2.03 bits per heavy atom. The highest BCUT2D eigenvalue weighted by Crippen LogP contribution is 2.32. The maximum Gasteiger partial charge on any atom is 0.433 e. The van der Waals surface area contributed by atoms with Gasteiger partial charge in [0.1, 0.15) is 29.7 Å². The molecule has 0 aliphatic heterocycles. The molecule has 176 valence electrons. The summed E-state index contributed by atoms with van der Waals surface area (Å²) in [5.74, 6) is 0.650. The highest BCUT2D eigenvalue weighted by atomic mass is 32.2. The van der Waals surface area contributed by atoms with Crippen molar-refractivity contribution in [2.45, 2.75) is 18.0 Å². The van der Waals surface area contributed by atoms with Crippen molar-refractivity contribution in [3.63, 3.8) is 0 Å². The van der Waals surface area contributed by atoms with Crippen LogP contribution in [0.5, 0.6) is 0 Å². The first-order valence-corrected chi connectivity index (χ1v) is 10.8. The number of rotatable bonds is 8. The topological polar surface area (TPSA) is 108 Å². The number of halogens is 3. The normalized spacial score (nSPS) is 13.2. The number of aldehydes is 1. The first-order chi connectivity index (χ1) is 15.6. The molecule has 3 rings (SSSR count). The third kappa shape index (κ3) is 4.85. The number of hydroxylamine groups is 2. The maximum atomic E-state index is 13.6. The zero-order valence-electron chi connectivity index (χ0n) is 18.1. The Labute approximate surface area is 189 Å². The van der Waals surface area contributed by atoms with Crippen LogP contribution in [0.2, 0.25) is 0 Å². The fourth-order valence-corrected chi connectivity index (χ4v) is 3.84. The monoisotopic (exact) mass is 483 g/mol. The zero-order chi connectivity index (χ0) is 24.3. The minimum absolute atomic E-state index is 0.0590. The number of carbonyl (C=O) groups is 1. The summed E-state index contributed by atoms with van der Waals surface area (Å²) in [7, 11) is 2.14. The number of hydrogen-bond donors (Lipinski definition) is 0. The summed E-state index contributed by atoms with van der Waals surface area (Å²) in [5.41, 5.74) is -1.40. The molecule has 0 fully saturated rings. The fourth-order valence-electron chi connectivity index (χ4n) is 2.96. The van der Waals surface area contributed by atoms with E-state index in [1.54, 1.807) is 19.1 Å². The summed E-state index contributed by atoms with van der Waals surface area (Å²) in [6.07, 6.45) is -0.973. The lowest BCUT2D eigenvalue weighted by molar-refractivity contribution is -0.168. The van der Waals surface area contributed by atoms with Gasteiger partial charge in [-0.2, -0.15) is 18.3 Å². The van der Waals surface area contributed by atoms with Gasteiger partial charge in [0.15, 0.2) is 17.9 Å². The van der Waals surface area contributed by atoms with Crippen LogP contribution in [0.4, 0.5) is 13.2 Å². The molecule has 14 heteroatoms. The second-order valence-electron chi connectivity index (χ2n) is 6.58. The summed E-state index contributed by atoms with van der Waals surface area (Å²) < 4.78 is 56.0. The zero-order valence-corrected chi connectivity index (χ0v) is 18.9. The number of alkyl halides is 3. The maximum absolute atomic E-state index is 13.6. The first kappa shape index (κ1) is 24.3. The van der Waals surface area contributed by atoms with E-state index in [9.17, 15) is 22.2 Å². The number of carbonyl (C=O) groups excluding carboxylic acids is 1. The van der Waals surface area contributed by atoms with Crippen LogP contribution in [0.1, 0.15) is 23.1 Å². The van der Waals surface area contributed by atoms with Crippen LogP contribution < -0.4 is 0 Å². The number of pyridine rings is 1. The molecular formula is C19H20F3N7O3S. The van der Waals surface area contributed by atoms with Crippen LogP contribution in [-0.2, 0) is 22.7 Å². The van der Waals surface area contributed by atoms with Crippen LogP contribution in [0.25, 0.3) is 23.4 Å². The van der Waals surface area contributed by atoms with E-state index in [-0.39, 0.29) is 28.7 Å². The molecule has 10 nitrogen and oxygen atoms in total. The van der Waals surface area contributed by atoms with Gasteiger partial charge in [-0.15, -0.1) is 0 Å². The molecular weight excluding hydrogens is 463 g/mol. The van der Waals surface area contributed by atoms with Gasteiger partial charge in [0, 0.05) is 19.8 Å². The smallest absolute Gasteiger partial charge is 0.323 e. The Bertz CT molecular complexity index is 1210. The average Bonchev–Trinajstić information content (AvgIpc) is 3.43. The van der Waals surface area contributed by atoms with Crippen molar-refractivity contribution < 1.29 is 27.0 Å². The number of aromatic nitrogens is 6. The van der Waals surface area contributed by atoms with E-state index in [0.29, 0.717) is 28.1 Å². The van der Waals surface area contributed by atoms with Crippen LogP contribution >= 0.6 is 0 Å². The number of nitrogens with zero attached hydrogens (tertiary/aromatic N) is 7. The van der Waals surface area contributed by atoms with Gasteiger partial charge in [-0.05, 0) is 18.2 Å². The van der Waals surface area contributed by atoms with Gasteiger partial charge in [-0.3, -0.25) is 18.9 Å². The van der Waals surface area contributed by atoms with E-state index in [1.165, 1.54) is 29.0 Å². The number of allylic oxidation sites excluding steroid dienone is 1. The highest BCUT2D eigenvalue weighted by molar-refractivity contribution is 7.85. The van der Waals surface area contributed by atoms with Gasteiger partial charge >= 0.3 is 6.18 Å². The second-order valence-corrected chi connectivity index (χ2v) is 8.29. The molecule has 0 amide bonds. The minimum atomic E-state index is -4.78. The van der Waals surface area contributed by atoms with Crippen molar-refractivity contribution in [1.82, 2.24) is 34.4 Å². The molecule has 0 N–H and O–H groups in total. The average molecular weight is 483 g/mol. The third-order valence-electron chi connectivity index (χ3n) is 4.67. The molecule has 3 aromatic rings. The molecule has 3 aromatic heterocycles. The Hall–Kier alpha value is -3.39. The van der Waals surface area contributed by atoms with Crippen LogP contribution in [0.15, 0.2) is 35.4 Å². The van der Waals surface area contributed by atoms with Crippen LogP contribution in [0, 0.1) is 0 Å². The molecule has 0 saturated carbocycles. The van der Waals surface area contributed by atoms with Crippen molar-refractivity contribution in [3.8, 4) is 17.3 Å². The summed E-state index contributed by atoms with van der Waals surface area (Å²) >= 11 is 0. The molecule has 0 aliphatic carbocycles. The van der Waals surface area contributed by atoms with Gasteiger partial charge in [0.2, 0.25) is 0 Å².